The summed E-state index contributed by atoms with van der Waals surface area (Å²) in [6.45, 7) is 2.72. The van der Waals surface area contributed by atoms with Gasteiger partial charge in [-0.1, -0.05) is 13.3 Å². The zero-order valence-electron chi connectivity index (χ0n) is 7.29. The Morgan fingerprint density at radius 1 is 1.67 bits per heavy atom. The smallest absolute Gasteiger partial charge is 0.311 e. The van der Waals surface area contributed by atoms with E-state index in [0.29, 0.717) is 19.4 Å². The van der Waals surface area contributed by atoms with Gasteiger partial charge in [0.1, 0.15) is 0 Å². The quantitative estimate of drug-likeness (QED) is 0.667. The van der Waals surface area contributed by atoms with Gasteiger partial charge in [0.25, 0.3) is 0 Å². The maximum atomic E-state index is 10.9. The van der Waals surface area contributed by atoms with Crippen molar-refractivity contribution >= 4 is 5.97 Å². The van der Waals surface area contributed by atoms with Crippen LogP contribution in [0.4, 0.5) is 0 Å². The monoisotopic (exact) mass is 173 g/mol. The molecule has 0 bridgehead atoms. The van der Waals surface area contributed by atoms with Gasteiger partial charge < -0.3 is 10.3 Å². The van der Waals surface area contributed by atoms with Gasteiger partial charge in [0.05, 0.1) is 5.41 Å². The van der Waals surface area contributed by atoms with E-state index in [4.69, 9.17) is 10.3 Å². The molecule has 12 heavy (non-hydrogen) atoms. The molecule has 0 spiro atoms. The van der Waals surface area contributed by atoms with Gasteiger partial charge in [-0.25, -0.2) is 0 Å². The average Bonchev–Trinajstić information content (AvgIpc) is 2.34. The molecule has 0 aliphatic carbocycles. The molecule has 1 aliphatic rings. The van der Waals surface area contributed by atoms with Gasteiger partial charge in [-0.15, -0.1) is 0 Å². The van der Waals surface area contributed by atoms with Crippen LogP contribution in [0.5, 0.6) is 0 Å². The van der Waals surface area contributed by atoms with E-state index in [-0.39, 0.29) is 6.54 Å². The zero-order valence-corrected chi connectivity index (χ0v) is 7.29. The molecule has 1 fully saturated rings. The number of rotatable bonds is 3. The fourth-order valence-corrected chi connectivity index (χ4v) is 1.81. The lowest BCUT2D eigenvalue weighted by atomic mass is 9.83. The second kappa shape index (κ2) is 3.41. The highest BCUT2D eigenvalue weighted by atomic mass is 16.5. The van der Waals surface area contributed by atoms with Crippen molar-refractivity contribution in [2.24, 2.45) is 5.41 Å². The molecule has 0 aromatic carbocycles. The predicted octanol–water partition coefficient (Wildman–Crippen LogP) is 0.952. The normalized spacial score (nSPS) is 30.8. The van der Waals surface area contributed by atoms with E-state index >= 15 is 0 Å². The van der Waals surface area contributed by atoms with Gasteiger partial charge in [0.2, 0.25) is 0 Å². The van der Waals surface area contributed by atoms with Crippen LogP contribution in [0.2, 0.25) is 0 Å². The Labute approximate surface area is 71.8 Å². The van der Waals surface area contributed by atoms with E-state index in [1.807, 2.05) is 6.92 Å². The molecule has 1 heterocycles. The van der Waals surface area contributed by atoms with Crippen molar-refractivity contribution in [2.75, 3.05) is 13.1 Å². The summed E-state index contributed by atoms with van der Waals surface area (Å²) in [4.78, 5) is 10.9. The molecular formula is C8H15NO3. The van der Waals surface area contributed by atoms with Crippen molar-refractivity contribution in [2.45, 2.75) is 26.2 Å². The van der Waals surface area contributed by atoms with Crippen LogP contribution in [0.3, 0.4) is 0 Å². The lowest BCUT2D eigenvalue weighted by Gasteiger charge is -2.22. The fraction of sp³-hybridized carbons (Fsp3) is 0.875. The third-order valence-electron chi connectivity index (χ3n) is 2.52. The van der Waals surface area contributed by atoms with Crippen LogP contribution in [0.25, 0.3) is 0 Å². The topological polar surface area (TPSA) is 60.8 Å². The van der Waals surface area contributed by atoms with Crippen LogP contribution in [0.15, 0.2) is 0 Å². The van der Waals surface area contributed by atoms with Crippen LogP contribution in [0, 0.1) is 5.41 Å². The van der Waals surface area contributed by atoms with E-state index < -0.39 is 11.4 Å². The number of hydrogen-bond donors (Lipinski definition) is 2. The highest BCUT2D eigenvalue weighted by Gasteiger charge is 2.43. The van der Waals surface area contributed by atoms with Crippen LogP contribution in [-0.2, 0) is 4.79 Å². The molecule has 70 valence electrons. The van der Waals surface area contributed by atoms with Gasteiger partial charge in [-0.2, -0.15) is 5.06 Å². The maximum absolute atomic E-state index is 10.9. The molecule has 1 rings (SSSR count). The molecule has 0 amide bonds. The van der Waals surface area contributed by atoms with Crippen LogP contribution in [0.1, 0.15) is 26.2 Å². The minimum absolute atomic E-state index is 0.274. The van der Waals surface area contributed by atoms with Crippen LogP contribution in [-0.4, -0.2) is 34.4 Å². The molecule has 0 aromatic rings. The number of hydrogen-bond acceptors (Lipinski definition) is 3. The van der Waals surface area contributed by atoms with E-state index in [0.717, 1.165) is 11.5 Å². The first-order valence-electron chi connectivity index (χ1n) is 4.28. The number of carbonyl (C=O) groups is 1. The summed E-state index contributed by atoms with van der Waals surface area (Å²) in [6, 6.07) is 0. The molecule has 1 aliphatic heterocycles. The van der Waals surface area contributed by atoms with Gasteiger partial charge >= 0.3 is 5.97 Å². The number of aliphatic carboxylic acids is 1. The second-order valence-electron chi connectivity index (χ2n) is 3.47. The third-order valence-corrected chi connectivity index (χ3v) is 2.52. The highest BCUT2D eigenvalue weighted by molar-refractivity contribution is 5.75. The molecular weight excluding hydrogens is 158 g/mol. The van der Waals surface area contributed by atoms with Crippen LogP contribution < -0.4 is 0 Å². The Balaban J connectivity index is 2.67. The van der Waals surface area contributed by atoms with E-state index in [9.17, 15) is 4.79 Å². The lowest BCUT2D eigenvalue weighted by Crippen LogP contribution is -2.33. The molecule has 4 nitrogen and oxygen atoms in total. The van der Waals surface area contributed by atoms with Gasteiger partial charge in [0.15, 0.2) is 0 Å². The first kappa shape index (κ1) is 9.48. The van der Waals surface area contributed by atoms with E-state index in [2.05, 4.69) is 0 Å². The molecule has 0 aromatic heterocycles. The number of hydroxylamine groups is 2. The van der Waals surface area contributed by atoms with Crippen molar-refractivity contribution < 1.29 is 15.1 Å². The Morgan fingerprint density at radius 2 is 2.33 bits per heavy atom. The lowest BCUT2D eigenvalue weighted by molar-refractivity contribution is -0.152. The van der Waals surface area contributed by atoms with Crippen molar-refractivity contribution in [1.82, 2.24) is 5.06 Å². The van der Waals surface area contributed by atoms with Gasteiger partial charge in [-0.3, -0.25) is 4.79 Å². The second-order valence-corrected chi connectivity index (χ2v) is 3.47. The first-order valence-corrected chi connectivity index (χ1v) is 4.28. The van der Waals surface area contributed by atoms with E-state index in [1.54, 1.807) is 0 Å². The van der Waals surface area contributed by atoms with Crippen LogP contribution >= 0.6 is 0 Å². The zero-order chi connectivity index (χ0) is 9.19. The van der Waals surface area contributed by atoms with Crippen molar-refractivity contribution in [3.8, 4) is 0 Å². The summed E-state index contributed by atoms with van der Waals surface area (Å²) >= 11 is 0. The summed E-state index contributed by atoms with van der Waals surface area (Å²) in [5.74, 6) is -0.777. The molecule has 0 saturated carbocycles. The molecule has 0 radical (unpaired) electrons. The summed E-state index contributed by atoms with van der Waals surface area (Å²) in [5, 5.41) is 19.2. The predicted molar refractivity (Wildman–Crippen MR) is 43.0 cm³/mol. The summed E-state index contributed by atoms with van der Waals surface area (Å²) in [6.07, 6.45) is 2.06. The summed E-state index contributed by atoms with van der Waals surface area (Å²) < 4.78 is 0. The minimum Gasteiger partial charge on any atom is -0.481 e. The highest BCUT2D eigenvalue weighted by Crippen LogP contribution is 2.34. The SMILES string of the molecule is CCC[C@]1(C(=O)O)CCN(O)C1. The van der Waals surface area contributed by atoms with Gasteiger partial charge in [-0.05, 0) is 12.8 Å². The third kappa shape index (κ3) is 1.59. The summed E-state index contributed by atoms with van der Waals surface area (Å²) in [7, 11) is 0. The van der Waals surface area contributed by atoms with Crippen molar-refractivity contribution in [3.63, 3.8) is 0 Å². The molecule has 2 N–H and O–H groups in total. The van der Waals surface area contributed by atoms with Crippen molar-refractivity contribution in [3.05, 3.63) is 0 Å². The Morgan fingerprint density at radius 3 is 2.67 bits per heavy atom. The maximum Gasteiger partial charge on any atom is 0.311 e. The Hall–Kier alpha value is -0.610. The molecule has 4 heteroatoms. The minimum atomic E-state index is -0.777. The molecule has 1 atom stereocenters. The number of carboxylic acid groups (broad SMARTS) is 1. The standard InChI is InChI=1S/C8H15NO3/c1-2-3-8(7(10)11)4-5-9(12)6-8/h12H,2-6H2,1H3,(H,10,11)/t8-/m0/s1. The number of carboxylic acids is 1. The Bertz CT molecular complexity index is 179. The number of nitrogens with zero attached hydrogens (tertiary/aromatic N) is 1. The molecule has 0 unspecified atom stereocenters. The summed E-state index contributed by atoms with van der Waals surface area (Å²) in [5.41, 5.74) is -0.691. The first-order chi connectivity index (χ1) is 5.60. The average molecular weight is 173 g/mol. The van der Waals surface area contributed by atoms with E-state index in [1.165, 1.54) is 0 Å². The van der Waals surface area contributed by atoms with Gasteiger partial charge in [0, 0.05) is 13.1 Å². The fourth-order valence-electron chi connectivity index (χ4n) is 1.81. The molecule has 1 saturated heterocycles. The Kier molecular flexibility index (Phi) is 2.69. The van der Waals surface area contributed by atoms with Crippen molar-refractivity contribution in [1.29, 1.82) is 0 Å². The largest absolute Gasteiger partial charge is 0.481 e.